The summed E-state index contributed by atoms with van der Waals surface area (Å²) in [7, 11) is 0. The van der Waals surface area contributed by atoms with Gasteiger partial charge in [-0.1, -0.05) is 0 Å². The number of ether oxygens (including phenoxy) is 1. The highest BCUT2D eigenvalue weighted by atomic mass is 16.5. The summed E-state index contributed by atoms with van der Waals surface area (Å²) in [6.45, 7) is 11.5. The van der Waals surface area contributed by atoms with Crippen molar-refractivity contribution in [1.29, 1.82) is 0 Å². The number of hydrogen-bond acceptors (Lipinski definition) is 3. The molecule has 0 spiro atoms. The Labute approximate surface area is 75.3 Å². The Morgan fingerprint density at radius 3 is 2.00 bits per heavy atom. The van der Waals surface area contributed by atoms with E-state index in [1.165, 1.54) is 0 Å². The van der Waals surface area contributed by atoms with Crippen LogP contribution in [0, 0.1) is 0 Å². The Balaban J connectivity index is 2.54. The Kier molecular flexibility index (Phi) is 3.50. The Morgan fingerprint density at radius 2 is 1.58 bits per heavy atom. The van der Waals surface area contributed by atoms with Gasteiger partial charge in [0.05, 0.1) is 6.61 Å². The SMILES string of the molecule is CC(C)N1CCOCN1C(C)C. The lowest BCUT2D eigenvalue weighted by atomic mass is 10.3. The van der Waals surface area contributed by atoms with Crippen molar-refractivity contribution in [1.82, 2.24) is 10.0 Å². The zero-order valence-electron chi connectivity index (χ0n) is 8.58. The number of nitrogens with zero attached hydrogens (tertiary/aromatic N) is 2. The first-order valence-electron chi connectivity index (χ1n) is 4.74. The molecular weight excluding hydrogens is 152 g/mol. The predicted octanol–water partition coefficient (Wildman–Crippen LogP) is 1.31. The molecule has 1 rings (SSSR count). The smallest absolute Gasteiger partial charge is 0.112 e. The lowest BCUT2D eigenvalue weighted by Crippen LogP contribution is -2.55. The van der Waals surface area contributed by atoms with Gasteiger partial charge >= 0.3 is 0 Å². The van der Waals surface area contributed by atoms with Crippen molar-refractivity contribution in [3.63, 3.8) is 0 Å². The van der Waals surface area contributed by atoms with Crippen LogP contribution >= 0.6 is 0 Å². The molecule has 1 aliphatic rings. The third kappa shape index (κ3) is 2.19. The van der Waals surface area contributed by atoms with Crippen LogP contribution in [0.2, 0.25) is 0 Å². The molecule has 0 N–H and O–H groups in total. The van der Waals surface area contributed by atoms with Gasteiger partial charge in [-0.25, -0.2) is 10.0 Å². The molecule has 1 fully saturated rings. The van der Waals surface area contributed by atoms with Crippen molar-refractivity contribution < 1.29 is 4.74 Å². The van der Waals surface area contributed by atoms with Gasteiger partial charge in [0.1, 0.15) is 6.73 Å². The zero-order chi connectivity index (χ0) is 9.14. The summed E-state index contributed by atoms with van der Waals surface area (Å²) < 4.78 is 5.41. The van der Waals surface area contributed by atoms with E-state index >= 15 is 0 Å². The second-order valence-corrected chi connectivity index (χ2v) is 3.83. The maximum Gasteiger partial charge on any atom is 0.112 e. The van der Waals surface area contributed by atoms with E-state index < -0.39 is 0 Å². The van der Waals surface area contributed by atoms with Crippen LogP contribution < -0.4 is 0 Å². The van der Waals surface area contributed by atoms with Crippen LogP contribution in [0.5, 0.6) is 0 Å². The van der Waals surface area contributed by atoms with Crippen molar-refractivity contribution in [3.8, 4) is 0 Å². The molecular formula is C9H20N2O. The summed E-state index contributed by atoms with van der Waals surface area (Å²) in [5.41, 5.74) is 0. The molecule has 0 unspecified atom stereocenters. The van der Waals surface area contributed by atoms with Crippen LogP contribution in [-0.2, 0) is 4.74 Å². The monoisotopic (exact) mass is 172 g/mol. The molecule has 0 aromatic carbocycles. The molecule has 3 heteroatoms. The molecule has 0 aliphatic carbocycles. The third-order valence-electron chi connectivity index (χ3n) is 2.21. The molecule has 1 heterocycles. The maximum atomic E-state index is 5.41. The number of rotatable bonds is 2. The van der Waals surface area contributed by atoms with Crippen molar-refractivity contribution in [2.24, 2.45) is 0 Å². The van der Waals surface area contributed by atoms with Gasteiger partial charge in [0.2, 0.25) is 0 Å². The van der Waals surface area contributed by atoms with Gasteiger partial charge in [0, 0.05) is 18.6 Å². The standard InChI is InChI=1S/C9H20N2O/c1-8(2)10-5-6-12-7-11(10)9(3)4/h8-9H,5-7H2,1-4H3. The minimum atomic E-state index is 0.535. The Bertz CT molecular complexity index is 120. The van der Waals surface area contributed by atoms with E-state index in [0.29, 0.717) is 12.1 Å². The van der Waals surface area contributed by atoms with E-state index in [2.05, 4.69) is 37.7 Å². The first-order valence-corrected chi connectivity index (χ1v) is 4.74. The van der Waals surface area contributed by atoms with E-state index in [4.69, 9.17) is 4.74 Å². The van der Waals surface area contributed by atoms with Crippen LogP contribution in [-0.4, -0.2) is 42.0 Å². The summed E-state index contributed by atoms with van der Waals surface area (Å²) >= 11 is 0. The molecule has 12 heavy (non-hydrogen) atoms. The number of hydrogen-bond donors (Lipinski definition) is 0. The second-order valence-electron chi connectivity index (χ2n) is 3.83. The molecule has 1 saturated heterocycles. The highest BCUT2D eigenvalue weighted by Gasteiger charge is 2.24. The van der Waals surface area contributed by atoms with Gasteiger partial charge in [0.15, 0.2) is 0 Å². The Hall–Kier alpha value is -0.120. The first-order chi connectivity index (χ1) is 5.63. The minimum Gasteiger partial charge on any atom is -0.363 e. The molecule has 0 aromatic heterocycles. The van der Waals surface area contributed by atoms with E-state index in [1.54, 1.807) is 0 Å². The maximum absolute atomic E-state index is 5.41. The summed E-state index contributed by atoms with van der Waals surface area (Å²) in [6, 6.07) is 1.11. The molecule has 3 nitrogen and oxygen atoms in total. The fourth-order valence-electron chi connectivity index (χ4n) is 1.52. The molecule has 0 bridgehead atoms. The predicted molar refractivity (Wildman–Crippen MR) is 49.6 cm³/mol. The van der Waals surface area contributed by atoms with E-state index in [9.17, 15) is 0 Å². The van der Waals surface area contributed by atoms with Gasteiger partial charge in [-0.15, -0.1) is 0 Å². The summed E-state index contributed by atoms with van der Waals surface area (Å²) in [4.78, 5) is 0. The van der Waals surface area contributed by atoms with Crippen LogP contribution in [0.15, 0.2) is 0 Å². The van der Waals surface area contributed by atoms with E-state index in [-0.39, 0.29) is 0 Å². The van der Waals surface area contributed by atoms with E-state index in [1.807, 2.05) is 0 Å². The van der Waals surface area contributed by atoms with Gasteiger partial charge in [-0.3, -0.25) is 0 Å². The number of hydrazine groups is 1. The lowest BCUT2D eigenvalue weighted by molar-refractivity contribution is -0.186. The zero-order valence-corrected chi connectivity index (χ0v) is 8.58. The molecule has 0 radical (unpaired) electrons. The highest BCUT2D eigenvalue weighted by molar-refractivity contribution is 4.66. The molecule has 1 aliphatic heterocycles. The van der Waals surface area contributed by atoms with Crippen molar-refractivity contribution >= 4 is 0 Å². The van der Waals surface area contributed by atoms with Gasteiger partial charge in [-0.05, 0) is 27.7 Å². The molecule has 0 aromatic rings. The van der Waals surface area contributed by atoms with Crippen LogP contribution in [0.4, 0.5) is 0 Å². The molecule has 0 amide bonds. The van der Waals surface area contributed by atoms with Crippen molar-refractivity contribution in [3.05, 3.63) is 0 Å². The fourth-order valence-corrected chi connectivity index (χ4v) is 1.52. The quantitative estimate of drug-likeness (QED) is 0.624. The summed E-state index contributed by atoms with van der Waals surface area (Å²) in [6.07, 6.45) is 0. The van der Waals surface area contributed by atoms with Gasteiger partial charge in [0.25, 0.3) is 0 Å². The summed E-state index contributed by atoms with van der Waals surface area (Å²) in [5, 5.41) is 4.67. The fraction of sp³-hybridized carbons (Fsp3) is 1.00. The van der Waals surface area contributed by atoms with E-state index in [0.717, 1.165) is 19.9 Å². The summed E-state index contributed by atoms with van der Waals surface area (Å²) in [5.74, 6) is 0. The molecule has 72 valence electrons. The van der Waals surface area contributed by atoms with Gasteiger partial charge in [-0.2, -0.15) is 0 Å². The van der Waals surface area contributed by atoms with Crippen LogP contribution in [0.25, 0.3) is 0 Å². The highest BCUT2D eigenvalue weighted by Crippen LogP contribution is 2.12. The first kappa shape index (κ1) is 9.96. The topological polar surface area (TPSA) is 15.7 Å². The molecule has 0 saturated carbocycles. The van der Waals surface area contributed by atoms with Gasteiger partial charge < -0.3 is 4.74 Å². The average molecular weight is 172 g/mol. The van der Waals surface area contributed by atoms with Crippen LogP contribution in [0.3, 0.4) is 0 Å². The van der Waals surface area contributed by atoms with Crippen LogP contribution in [0.1, 0.15) is 27.7 Å². The lowest BCUT2D eigenvalue weighted by Gasteiger charge is -2.43. The largest absolute Gasteiger partial charge is 0.363 e. The van der Waals surface area contributed by atoms with Crippen molar-refractivity contribution in [2.75, 3.05) is 19.9 Å². The third-order valence-corrected chi connectivity index (χ3v) is 2.21. The average Bonchev–Trinajstić information content (AvgIpc) is 2.04. The normalized spacial score (nSPS) is 22.5. The molecule has 0 atom stereocenters. The second kappa shape index (κ2) is 4.21. The Morgan fingerprint density at radius 1 is 1.00 bits per heavy atom. The minimum absolute atomic E-state index is 0.535. The van der Waals surface area contributed by atoms with Crippen molar-refractivity contribution in [2.45, 2.75) is 39.8 Å².